The second kappa shape index (κ2) is 13.3. The summed E-state index contributed by atoms with van der Waals surface area (Å²) in [6, 6.07) is 12.4. The van der Waals surface area contributed by atoms with Gasteiger partial charge in [-0.1, -0.05) is 12.1 Å². The Bertz CT molecular complexity index is 643. The summed E-state index contributed by atoms with van der Waals surface area (Å²) in [5, 5.41) is 20.6. The van der Waals surface area contributed by atoms with E-state index in [9.17, 15) is 19.8 Å². The molecule has 0 fully saturated rings. The Labute approximate surface area is 184 Å². The largest absolute Gasteiger partial charge is 1.00 e. The van der Waals surface area contributed by atoms with Gasteiger partial charge in [-0.2, -0.15) is 0 Å². The second-order valence-electron chi connectivity index (χ2n) is 4.00. The van der Waals surface area contributed by atoms with Crippen LogP contribution in [0.3, 0.4) is 0 Å². The average Bonchev–Trinajstić information content (AvgIpc) is 2.55. The molecule has 6 nitrogen and oxygen atoms in total. The fourth-order valence-electron chi connectivity index (χ4n) is 1.54. The van der Waals surface area contributed by atoms with E-state index in [0.29, 0.717) is 11.5 Å². The fraction of sp³-hybridized carbons (Fsp3) is 0.125. The molecule has 24 heavy (non-hydrogen) atoms. The van der Waals surface area contributed by atoms with Gasteiger partial charge in [0.1, 0.15) is 11.5 Å². The topological polar surface area (TPSA) is 98.7 Å². The summed E-state index contributed by atoms with van der Waals surface area (Å²) < 4.78 is 9.62. The molecule has 0 aliphatic carbocycles. The fourth-order valence-corrected chi connectivity index (χ4v) is 1.54. The van der Waals surface area contributed by atoms with Crippen molar-refractivity contribution < 1.29 is 88.4 Å². The number of aromatic carboxylic acids is 2. The van der Waals surface area contributed by atoms with Crippen LogP contribution in [-0.2, 0) is 0 Å². The normalized spacial score (nSPS) is 8.42. The van der Waals surface area contributed by atoms with Gasteiger partial charge in [-0.3, -0.25) is 0 Å². The summed E-state index contributed by atoms with van der Waals surface area (Å²) in [5.74, 6) is -1.43. The number of hydrogen-bond acceptors (Lipinski definition) is 6. The maximum Gasteiger partial charge on any atom is 1.00 e. The van der Waals surface area contributed by atoms with Gasteiger partial charge in [-0.25, -0.2) is 0 Å². The van der Waals surface area contributed by atoms with Crippen molar-refractivity contribution in [3.63, 3.8) is 0 Å². The van der Waals surface area contributed by atoms with Crippen molar-refractivity contribution in [2.45, 2.75) is 0 Å². The van der Waals surface area contributed by atoms with E-state index in [1.807, 2.05) is 0 Å². The zero-order valence-corrected chi connectivity index (χ0v) is 18.1. The Hall–Kier alpha value is -1.02. The molecule has 0 atom stereocenters. The zero-order valence-electron chi connectivity index (χ0n) is 14.1. The van der Waals surface area contributed by atoms with Gasteiger partial charge in [0, 0.05) is 5.56 Å². The van der Waals surface area contributed by atoms with E-state index in [4.69, 9.17) is 9.47 Å². The number of rotatable bonds is 4. The summed E-state index contributed by atoms with van der Waals surface area (Å²) in [5.41, 5.74) is 0.237. The van der Waals surface area contributed by atoms with Crippen molar-refractivity contribution in [3.05, 3.63) is 59.7 Å². The number of methoxy groups -OCH3 is 2. The third-order valence-corrected chi connectivity index (χ3v) is 2.65. The van der Waals surface area contributed by atoms with Gasteiger partial charge < -0.3 is 29.3 Å². The van der Waals surface area contributed by atoms with Crippen LogP contribution in [0.5, 0.6) is 11.5 Å². The molecule has 0 saturated heterocycles. The molecule has 2 aromatic rings. The van der Waals surface area contributed by atoms with Crippen LogP contribution >= 0.6 is 0 Å². The van der Waals surface area contributed by atoms with Gasteiger partial charge in [0.2, 0.25) is 0 Å². The number of carboxylic acid groups (broad SMARTS) is 2. The quantitative estimate of drug-likeness (QED) is 0.511. The van der Waals surface area contributed by atoms with E-state index >= 15 is 0 Å². The molecule has 0 unspecified atom stereocenters. The van der Waals surface area contributed by atoms with Crippen LogP contribution in [0.15, 0.2) is 48.5 Å². The van der Waals surface area contributed by atoms with E-state index < -0.39 is 11.9 Å². The number of hydrogen-bond donors (Lipinski definition) is 0. The van der Waals surface area contributed by atoms with Crippen LogP contribution in [0, 0.1) is 0 Å². The van der Waals surface area contributed by atoms with Crippen molar-refractivity contribution in [2.75, 3.05) is 14.2 Å². The number of carbonyl (C=O) groups excluding carboxylic acids is 2. The maximum absolute atomic E-state index is 10.4. The van der Waals surface area contributed by atoms with E-state index in [1.165, 1.54) is 32.4 Å². The Balaban J connectivity index is 0. The number of benzene rings is 2. The van der Waals surface area contributed by atoms with E-state index in [0.717, 1.165) is 0 Å². The van der Waals surface area contributed by atoms with Crippen LogP contribution in [0.1, 0.15) is 20.7 Å². The van der Waals surface area contributed by atoms with E-state index in [-0.39, 0.29) is 70.2 Å². The van der Waals surface area contributed by atoms with Crippen LogP contribution in [0.4, 0.5) is 0 Å². The summed E-state index contributed by atoms with van der Waals surface area (Å²) in [6.07, 6.45) is 0. The number of carbonyl (C=O) groups is 2. The molecule has 0 aliphatic rings. The van der Waals surface area contributed by atoms with E-state index in [2.05, 4.69) is 0 Å². The SMILES string of the molecule is COc1ccc(C(=O)[O-])cc1.COc1ccccc1C(=O)[O-].[Na+].[Na+]. The predicted molar refractivity (Wildman–Crippen MR) is 74.6 cm³/mol. The Morgan fingerprint density at radius 3 is 1.71 bits per heavy atom. The molecule has 8 heteroatoms. The summed E-state index contributed by atoms with van der Waals surface area (Å²) in [6.45, 7) is 0. The molecular formula is C16H14Na2O6. The molecule has 2 rings (SSSR count). The summed E-state index contributed by atoms with van der Waals surface area (Å²) >= 11 is 0. The molecule has 0 spiro atoms. The van der Waals surface area contributed by atoms with Crippen molar-refractivity contribution in [1.82, 2.24) is 0 Å². The number of para-hydroxylation sites is 1. The standard InChI is InChI=1S/2C8H8O3.2Na/c1-11-7-4-2-6(3-5-7)8(9)10;1-11-7-5-3-2-4-6(7)8(9)10;;/h2*2-5H,1H3,(H,9,10);;/q;;2*+1/p-2. The summed E-state index contributed by atoms with van der Waals surface area (Å²) in [4.78, 5) is 20.6. The van der Waals surface area contributed by atoms with Crippen LogP contribution in [0.25, 0.3) is 0 Å². The maximum atomic E-state index is 10.4. The Kier molecular flexibility index (Phi) is 14.0. The monoisotopic (exact) mass is 348 g/mol. The third kappa shape index (κ3) is 8.19. The smallest absolute Gasteiger partial charge is 0.545 e. The molecule has 0 heterocycles. The first-order valence-corrected chi connectivity index (χ1v) is 6.19. The molecule has 116 valence electrons. The van der Waals surface area contributed by atoms with Gasteiger partial charge in [-0.15, -0.1) is 0 Å². The molecule has 0 aliphatic heterocycles. The summed E-state index contributed by atoms with van der Waals surface area (Å²) in [7, 11) is 2.94. The van der Waals surface area contributed by atoms with Crippen LogP contribution in [0.2, 0.25) is 0 Å². The van der Waals surface area contributed by atoms with Crippen molar-refractivity contribution in [2.24, 2.45) is 0 Å². The first-order chi connectivity index (χ1) is 10.5. The molecular weight excluding hydrogens is 334 g/mol. The predicted octanol–water partition coefficient (Wildman–Crippen LogP) is -5.87. The average molecular weight is 348 g/mol. The Morgan fingerprint density at radius 1 is 0.792 bits per heavy atom. The van der Waals surface area contributed by atoms with Crippen molar-refractivity contribution in [3.8, 4) is 11.5 Å². The number of ether oxygens (including phenoxy) is 2. The Morgan fingerprint density at radius 2 is 1.33 bits per heavy atom. The number of carboxylic acids is 2. The molecule has 0 radical (unpaired) electrons. The molecule has 0 aromatic heterocycles. The minimum Gasteiger partial charge on any atom is -0.545 e. The van der Waals surface area contributed by atoms with Crippen LogP contribution in [-0.4, -0.2) is 26.2 Å². The zero-order chi connectivity index (χ0) is 16.5. The first-order valence-electron chi connectivity index (χ1n) is 6.19. The first kappa shape index (κ1) is 25.2. The van der Waals surface area contributed by atoms with Gasteiger partial charge in [-0.05, 0) is 42.0 Å². The molecule has 0 bridgehead atoms. The van der Waals surface area contributed by atoms with E-state index in [1.54, 1.807) is 30.3 Å². The van der Waals surface area contributed by atoms with Gasteiger partial charge >= 0.3 is 59.1 Å². The molecule has 2 aromatic carbocycles. The van der Waals surface area contributed by atoms with Gasteiger partial charge in [0.15, 0.2) is 0 Å². The molecule has 0 saturated carbocycles. The molecule has 0 N–H and O–H groups in total. The van der Waals surface area contributed by atoms with Crippen LogP contribution < -0.4 is 78.8 Å². The van der Waals surface area contributed by atoms with Gasteiger partial charge in [0.05, 0.1) is 26.2 Å². The second-order valence-corrected chi connectivity index (χ2v) is 4.00. The third-order valence-electron chi connectivity index (χ3n) is 2.65. The minimum atomic E-state index is -1.22. The molecule has 0 amide bonds. The van der Waals surface area contributed by atoms with Crippen molar-refractivity contribution in [1.29, 1.82) is 0 Å². The van der Waals surface area contributed by atoms with Gasteiger partial charge in [0.25, 0.3) is 0 Å². The van der Waals surface area contributed by atoms with Crippen molar-refractivity contribution >= 4 is 11.9 Å². The minimum absolute atomic E-state index is 0.